The Hall–Kier alpha value is 0.363. The van der Waals surface area contributed by atoms with Crippen LogP contribution in [0.4, 0.5) is 0 Å². The Morgan fingerprint density at radius 1 is 1.00 bits per heavy atom. The minimum absolute atomic E-state index is 0. The van der Waals surface area contributed by atoms with E-state index in [0.29, 0.717) is 0 Å². The summed E-state index contributed by atoms with van der Waals surface area (Å²) in [4.78, 5) is 0. The van der Waals surface area contributed by atoms with Crippen LogP contribution in [-0.4, -0.2) is 0 Å². The standard InChI is InChI=1S/C13H21.Zr/c1-12(2,3)10-8-7-9-11(10)13(4,5)6;/h8H,7H2,1-6H3;/q-1;. The molecule has 1 rings (SSSR count). The Balaban J connectivity index is 0.00000169. The van der Waals surface area contributed by atoms with Gasteiger partial charge in [-0.25, -0.2) is 5.57 Å². The molecule has 0 atom stereocenters. The van der Waals surface area contributed by atoms with Crippen LogP contribution in [0.1, 0.15) is 48.0 Å². The van der Waals surface area contributed by atoms with Gasteiger partial charge in [-0.15, -0.1) is 6.42 Å². The molecule has 0 saturated carbocycles. The first kappa shape index (κ1) is 14.4. The fourth-order valence-electron chi connectivity index (χ4n) is 1.80. The van der Waals surface area contributed by atoms with Crippen LogP contribution in [0.25, 0.3) is 0 Å². The quantitative estimate of drug-likeness (QED) is 0.579. The van der Waals surface area contributed by atoms with Crippen LogP contribution in [0.15, 0.2) is 17.2 Å². The normalized spacial score (nSPS) is 17.3. The average Bonchev–Trinajstić information content (AvgIpc) is 2.27. The van der Waals surface area contributed by atoms with Gasteiger partial charge in [-0.3, -0.25) is 6.08 Å². The topological polar surface area (TPSA) is 0 Å². The molecule has 0 aromatic rings. The van der Waals surface area contributed by atoms with Crippen molar-refractivity contribution in [2.24, 2.45) is 10.8 Å². The van der Waals surface area contributed by atoms with Crippen molar-refractivity contribution in [3.8, 4) is 0 Å². The maximum Gasteiger partial charge on any atom is 0 e. The Bertz CT molecular complexity index is 228. The van der Waals surface area contributed by atoms with Crippen LogP contribution >= 0.6 is 0 Å². The van der Waals surface area contributed by atoms with Gasteiger partial charge in [0.2, 0.25) is 0 Å². The molecule has 0 aliphatic heterocycles. The second-order valence-corrected chi connectivity index (χ2v) is 5.87. The largest absolute Gasteiger partial charge is 0.269 e. The number of allylic oxidation sites excluding steroid dienone is 4. The summed E-state index contributed by atoms with van der Waals surface area (Å²) < 4.78 is 0. The molecule has 1 aliphatic carbocycles. The van der Waals surface area contributed by atoms with E-state index in [0.717, 1.165) is 6.42 Å². The molecule has 0 aromatic carbocycles. The summed E-state index contributed by atoms with van der Waals surface area (Å²) >= 11 is 0. The zero-order valence-corrected chi connectivity index (χ0v) is 12.7. The van der Waals surface area contributed by atoms with Gasteiger partial charge in [0.25, 0.3) is 0 Å². The van der Waals surface area contributed by atoms with E-state index in [1.54, 1.807) is 0 Å². The summed E-state index contributed by atoms with van der Waals surface area (Å²) in [7, 11) is 0. The molecule has 0 unspecified atom stereocenters. The zero-order valence-electron chi connectivity index (χ0n) is 10.3. The van der Waals surface area contributed by atoms with Crippen LogP contribution in [0.2, 0.25) is 0 Å². The maximum absolute atomic E-state index is 3.48. The molecule has 0 saturated heterocycles. The number of hydrogen-bond donors (Lipinski definition) is 0. The van der Waals surface area contributed by atoms with Crippen LogP contribution < -0.4 is 0 Å². The fraction of sp³-hybridized carbons (Fsp3) is 0.692. The molecule has 0 aromatic heterocycles. The minimum atomic E-state index is 0. The Labute approximate surface area is 108 Å². The summed E-state index contributed by atoms with van der Waals surface area (Å²) in [5.41, 5.74) is 3.42. The van der Waals surface area contributed by atoms with Crippen molar-refractivity contribution in [3.63, 3.8) is 0 Å². The molecule has 0 spiro atoms. The van der Waals surface area contributed by atoms with E-state index in [4.69, 9.17) is 0 Å². The van der Waals surface area contributed by atoms with Crippen molar-refractivity contribution >= 4 is 0 Å². The first-order valence-electron chi connectivity index (χ1n) is 5.05. The summed E-state index contributed by atoms with van der Waals surface area (Å²) in [5, 5.41) is 0. The van der Waals surface area contributed by atoms with Crippen LogP contribution in [0.3, 0.4) is 0 Å². The van der Waals surface area contributed by atoms with Gasteiger partial charge in [0.1, 0.15) is 0 Å². The molecule has 14 heavy (non-hydrogen) atoms. The van der Waals surface area contributed by atoms with E-state index < -0.39 is 0 Å². The second-order valence-electron chi connectivity index (χ2n) is 5.87. The van der Waals surface area contributed by atoms with Gasteiger partial charge in [0, 0.05) is 26.2 Å². The SMILES string of the molecule is CC(C)(C)C1=[C-]CC=C1C(C)(C)C.[Zr]. The van der Waals surface area contributed by atoms with Crippen LogP contribution in [0.5, 0.6) is 0 Å². The van der Waals surface area contributed by atoms with Crippen LogP contribution in [0, 0.1) is 16.9 Å². The van der Waals surface area contributed by atoms with E-state index in [9.17, 15) is 0 Å². The Kier molecular flexibility index (Phi) is 4.59. The van der Waals surface area contributed by atoms with E-state index in [1.165, 1.54) is 11.1 Å². The predicted molar refractivity (Wildman–Crippen MR) is 58.4 cm³/mol. The van der Waals surface area contributed by atoms with Crippen molar-refractivity contribution in [2.75, 3.05) is 0 Å². The molecular formula is C13H21Zr-. The Morgan fingerprint density at radius 2 is 1.50 bits per heavy atom. The predicted octanol–water partition coefficient (Wildman–Crippen LogP) is 4.14. The molecule has 0 nitrogen and oxygen atoms in total. The smallest absolute Gasteiger partial charge is 0 e. The first-order chi connectivity index (χ1) is 5.73. The van der Waals surface area contributed by atoms with Crippen molar-refractivity contribution in [2.45, 2.75) is 48.0 Å². The van der Waals surface area contributed by atoms with Gasteiger partial charge in [0.15, 0.2) is 0 Å². The van der Waals surface area contributed by atoms with Gasteiger partial charge in [-0.05, 0) is 5.41 Å². The van der Waals surface area contributed by atoms with Crippen molar-refractivity contribution in [1.29, 1.82) is 0 Å². The third-order valence-corrected chi connectivity index (χ3v) is 2.41. The molecular weight excluding hydrogens is 247 g/mol. The van der Waals surface area contributed by atoms with Crippen LogP contribution in [-0.2, 0) is 26.2 Å². The molecule has 0 radical (unpaired) electrons. The van der Waals surface area contributed by atoms with Gasteiger partial charge in [-0.1, -0.05) is 47.0 Å². The number of rotatable bonds is 0. The monoisotopic (exact) mass is 267 g/mol. The van der Waals surface area contributed by atoms with Gasteiger partial charge in [-0.2, -0.15) is 11.6 Å². The van der Waals surface area contributed by atoms with Crippen molar-refractivity contribution in [3.05, 3.63) is 23.3 Å². The third-order valence-electron chi connectivity index (χ3n) is 2.41. The molecule has 78 valence electrons. The molecule has 0 N–H and O–H groups in total. The van der Waals surface area contributed by atoms with Crippen molar-refractivity contribution < 1.29 is 26.2 Å². The fourth-order valence-corrected chi connectivity index (χ4v) is 1.80. The molecule has 0 amide bonds. The molecule has 0 bridgehead atoms. The zero-order chi connectivity index (χ0) is 10.3. The molecule has 1 aliphatic rings. The van der Waals surface area contributed by atoms with Gasteiger partial charge in [0.05, 0.1) is 0 Å². The van der Waals surface area contributed by atoms with E-state index in [1.807, 2.05) is 0 Å². The van der Waals surface area contributed by atoms with E-state index in [2.05, 4.69) is 53.7 Å². The number of hydrogen-bond acceptors (Lipinski definition) is 0. The van der Waals surface area contributed by atoms with Gasteiger partial charge >= 0.3 is 0 Å². The third kappa shape index (κ3) is 3.19. The summed E-state index contributed by atoms with van der Waals surface area (Å²) in [6, 6.07) is 0. The Morgan fingerprint density at radius 3 is 1.79 bits per heavy atom. The maximum atomic E-state index is 3.48. The summed E-state index contributed by atoms with van der Waals surface area (Å²) in [5.74, 6) is 0. The average molecular weight is 269 g/mol. The molecule has 0 heterocycles. The second kappa shape index (κ2) is 4.48. The minimum Gasteiger partial charge on any atom is -0.269 e. The molecule has 1 heteroatoms. The molecule has 0 fully saturated rings. The van der Waals surface area contributed by atoms with Crippen molar-refractivity contribution in [1.82, 2.24) is 0 Å². The van der Waals surface area contributed by atoms with E-state index >= 15 is 0 Å². The van der Waals surface area contributed by atoms with Gasteiger partial charge < -0.3 is 0 Å². The van der Waals surface area contributed by atoms with E-state index in [-0.39, 0.29) is 37.0 Å². The summed E-state index contributed by atoms with van der Waals surface area (Å²) in [6.45, 7) is 13.6. The summed E-state index contributed by atoms with van der Waals surface area (Å²) in [6.07, 6.45) is 6.80. The first-order valence-corrected chi connectivity index (χ1v) is 5.05.